The number of carbonyl (C=O) groups excluding carboxylic acids is 1. The third-order valence-electron chi connectivity index (χ3n) is 6.28. The number of hydrogen-bond donors (Lipinski definition) is 0. The topological polar surface area (TPSA) is 46.3 Å². The Morgan fingerprint density at radius 2 is 2.04 bits per heavy atom. The van der Waals surface area contributed by atoms with Crippen LogP contribution in [0, 0.1) is 31.5 Å². The summed E-state index contributed by atoms with van der Waals surface area (Å²) in [6.07, 6.45) is 3.34. The maximum atomic E-state index is 14.5. The Bertz CT molecular complexity index is 811. The standard InChI is InChI=1S/C22H28ClFN2O2/c1-13-7-5-10-21(14(13)2)26(12-18-19(23)8-6-9-20(18)24)22(27)11-17-15(3)25-28-16(17)4/h6,8-9,13-14,21H,5,7,10-12H2,1-4H3/t13-,14-,21+/m0/s1. The first-order valence-corrected chi connectivity index (χ1v) is 10.3. The van der Waals surface area contributed by atoms with Gasteiger partial charge in [0.25, 0.3) is 0 Å². The van der Waals surface area contributed by atoms with Crippen LogP contribution in [0.5, 0.6) is 0 Å². The number of rotatable bonds is 5. The molecule has 4 nitrogen and oxygen atoms in total. The lowest BCUT2D eigenvalue weighted by Gasteiger charge is -2.42. The lowest BCUT2D eigenvalue weighted by Crippen LogP contribution is -2.47. The molecule has 0 N–H and O–H groups in total. The average molecular weight is 407 g/mol. The maximum Gasteiger partial charge on any atom is 0.227 e. The fourth-order valence-electron chi connectivity index (χ4n) is 4.24. The molecular formula is C22H28ClFN2O2. The summed E-state index contributed by atoms with van der Waals surface area (Å²) >= 11 is 6.27. The van der Waals surface area contributed by atoms with Gasteiger partial charge in [0.1, 0.15) is 11.6 Å². The van der Waals surface area contributed by atoms with Gasteiger partial charge < -0.3 is 9.42 Å². The van der Waals surface area contributed by atoms with Gasteiger partial charge in [-0.25, -0.2) is 4.39 Å². The largest absolute Gasteiger partial charge is 0.361 e. The van der Waals surface area contributed by atoms with Gasteiger partial charge in [0.2, 0.25) is 5.91 Å². The summed E-state index contributed by atoms with van der Waals surface area (Å²) in [6, 6.07) is 4.71. The molecule has 2 aromatic rings. The van der Waals surface area contributed by atoms with Gasteiger partial charge in [0.05, 0.1) is 18.7 Å². The van der Waals surface area contributed by atoms with E-state index in [1.807, 2.05) is 18.7 Å². The molecule has 0 aliphatic heterocycles. The molecule has 1 aromatic heterocycles. The highest BCUT2D eigenvalue weighted by atomic mass is 35.5. The van der Waals surface area contributed by atoms with Crippen molar-refractivity contribution in [2.45, 2.75) is 66.0 Å². The van der Waals surface area contributed by atoms with E-state index in [0.29, 0.717) is 28.2 Å². The zero-order chi connectivity index (χ0) is 20.4. The Morgan fingerprint density at radius 3 is 2.68 bits per heavy atom. The van der Waals surface area contributed by atoms with Crippen molar-refractivity contribution in [1.29, 1.82) is 0 Å². The van der Waals surface area contributed by atoms with Crippen LogP contribution in [0.1, 0.15) is 55.7 Å². The predicted molar refractivity (Wildman–Crippen MR) is 108 cm³/mol. The van der Waals surface area contributed by atoms with Crippen molar-refractivity contribution in [2.24, 2.45) is 11.8 Å². The SMILES string of the molecule is Cc1noc(C)c1CC(=O)N(Cc1c(F)cccc1Cl)[C@@H]1CCC[C@H](C)[C@@H]1C. The molecule has 1 fully saturated rings. The van der Waals surface area contributed by atoms with Crippen molar-refractivity contribution in [3.05, 3.63) is 51.6 Å². The number of aryl methyl sites for hydroxylation is 2. The second-order valence-corrected chi connectivity index (χ2v) is 8.44. The molecule has 0 bridgehead atoms. The van der Waals surface area contributed by atoms with Crippen molar-refractivity contribution >= 4 is 17.5 Å². The van der Waals surface area contributed by atoms with Crippen LogP contribution < -0.4 is 0 Å². The normalized spacial score (nSPS) is 22.3. The molecule has 0 radical (unpaired) electrons. The van der Waals surface area contributed by atoms with Gasteiger partial charge >= 0.3 is 0 Å². The molecule has 3 rings (SSSR count). The van der Waals surface area contributed by atoms with Gasteiger partial charge in [-0.2, -0.15) is 0 Å². The highest BCUT2D eigenvalue weighted by Crippen LogP contribution is 2.35. The van der Waals surface area contributed by atoms with Crippen LogP contribution >= 0.6 is 11.6 Å². The van der Waals surface area contributed by atoms with Gasteiger partial charge in [-0.15, -0.1) is 0 Å². The van der Waals surface area contributed by atoms with Gasteiger partial charge in [-0.05, 0) is 44.2 Å². The molecular weight excluding hydrogens is 379 g/mol. The molecule has 1 amide bonds. The molecule has 0 spiro atoms. The van der Waals surface area contributed by atoms with E-state index in [2.05, 4.69) is 19.0 Å². The third-order valence-corrected chi connectivity index (χ3v) is 6.64. The zero-order valence-corrected chi connectivity index (χ0v) is 17.7. The lowest BCUT2D eigenvalue weighted by molar-refractivity contribution is -0.136. The van der Waals surface area contributed by atoms with Gasteiger partial charge in [0.15, 0.2) is 0 Å². The second kappa shape index (κ2) is 8.64. The summed E-state index contributed by atoms with van der Waals surface area (Å²) in [6.45, 7) is 8.24. The quantitative estimate of drug-likeness (QED) is 0.660. The van der Waals surface area contributed by atoms with E-state index in [9.17, 15) is 9.18 Å². The Labute approximate surface area is 171 Å². The van der Waals surface area contributed by atoms with Gasteiger partial charge in [-0.1, -0.05) is 49.5 Å². The van der Waals surface area contributed by atoms with E-state index in [0.717, 1.165) is 30.5 Å². The minimum Gasteiger partial charge on any atom is -0.361 e. The van der Waals surface area contributed by atoms with Crippen LogP contribution in [0.3, 0.4) is 0 Å². The van der Waals surface area contributed by atoms with Crippen molar-refractivity contribution in [3.8, 4) is 0 Å². The summed E-state index contributed by atoms with van der Waals surface area (Å²) in [7, 11) is 0. The predicted octanol–water partition coefficient (Wildman–Crippen LogP) is 5.48. The number of benzene rings is 1. The molecule has 1 aliphatic rings. The average Bonchev–Trinajstić information content (AvgIpc) is 2.96. The summed E-state index contributed by atoms with van der Waals surface area (Å²) < 4.78 is 19.7. The summed E-state index contributed by atoms with van der Waals surface area (Å²) in [5, 5.41) is 4.31. The molecule has 6 heteroatoms. The van der Waals surface area contributed by atoms with E-state index in [1.54, 1.807) is 12.1 Å². The van der Waals surface area contributed by atoms with Crippen molar-refractivity contribution in [2.75, 3.05) is 0 Å². The summed E-state index contributed by atoms with van der Waals surface area (Å²) in [4.78, 5) is 15.2. The van der Waals surface area contributed by atoms with E-state index < -0.39 is 0 Å². The molecule has 1 aromatic carbocycles. The van der Waals surface area contributed by atoms with Crippen LogP contribution in [-0.2, 0) is 17.8 Å². The summed E-state index contributed by atoms with van der Waals surface area (Å²) in [5.41, 5.74) is 1.91. The van der Waals surface area contributed by atoms with Crippen LogP contribution in [0.15, 0.2) is 22.7 Å². The minimum atomic E-state index is -0.376. The Balaban J connectivity index is 1.93. The molecule has 1 heterocycles. The fourth-order valence-corrected chi connectivity index (χ4v) is 4.47. The van der Waals surface area contributed by atoms with Gasteiger partial charge in [-0.3, -0.25) is 4.79 Å². The lowest BCUT2D eigenvalue weighted by atomic mass is 9.77. The number of carbonyl (C=O) groups is 1. The van der Waals surface area contributed by atoms with Crippen molar-refractivity contribution < 1.29 is 13.7 Å². The molecule has 1 saturated carbocycles. The van der Waals surface area contributed by atoms with Crippen LogP contribution in [0.2, 0.25) is 5.02 Å². The zero-order valence-electron chi connectivity index (χ0n) is 17.0. The molecule has 28 heavy (non-hydrogen) atoms. The monoisotopic (exact) mass is 406 g/mol. The smallest absolute Gasteiger partial charge is 0.227 e. The molecule has 1 aliphatic carbocycles. The van der Waals surface area contributed by atoms with E-state index in [-0.39, 0.29) is 30.7 Å². The number of amides is 1. The van der Waals surface area contributed by atoms with Crippen LogP contribution in [0.4, 0.5) is 4.39 Å². The Hall–Kier alpha value is -1.88. The highest BCUT2D eigenvalue weighted by molar-refractivity contribution is 6.31. The maximum absolute atomic E-state index is 14.5. The first-order chi connectivity index (χ1) is 13.3. The molecule has 0 saturated heterocycles. The van der Waals surface area contributed by atoms with Crippen molar-refractivity contribution in [3.63, 3.8) is 0 Å². The Morgan fingerprint density at radius 1 is 1.29 bits per heavy atom. The van der Waals surface area contributed by atoms with Crippen LogP contribution in [-0.4, -0.2) is 22.0 Å². The van der Waals surface area contributed by atoms with Gasteiger partial charge in [0, 0.05) is 22.2 Å². The van der Waals surface area contributed by atoms with E-state index in [4.69, 9.17) is 16.1 Å². The fraction of sp³-hybridized carbons (Fsp3) is 0.545. The minimum absolute atomic E-state index is 0.0420. The summed E-state index contributed by atoms with van der Waals surface area (Å²) in [5.74, 6) is 1.09. The number of nitrogens with zero attached hydrogens (tertiary/aromatic N) is 2. The molecule has 0 unspecified atom stereocenters. The first kappa shape index (κ1) is 20.8. The number of halogens is 2. The van der Waals surface area contributed by atoms with E-state index >= 15 is 0 Å². The molecule has 3 atom stereocenters. The van der Waals surface area contributed by atoms with E-state index in [1.165, 1.54) is 6.07 Å². The number of hydrogen-bond acceptors (Lipinski definition) is 3. The second-order valence-electron chi connectivity index (χ2n) is 8.04. The highest BCUT2D eigenvalue weighted by Gasteiger charge is 2.35. The first-order valence-electron chi connectivity index (χ1n) is 9.93. The number of aromatic nitrogens is 1. The van der Waals surface area contributed by atoms with Crippen LogP contribution in [0.25, 0.3) is 0 Å². The molecule has 152 valence electrons. The third kappa shape index (κ3) is 4.24. The Kier molecular flexibility index (Phi) is 6.43. The van der Waals surface area contributed by atoms with Crippen molar-refractivity contribution in [1.82, 2.24) is 10.1 Å².